The highest BCUT2D eigenvalue weighted by molar-refractivity contribution is 5.80. The summed E-state index contributed by atoms with van der Waals surface area (Å²) in [6.45, 7) is 1.95. The fraction of sp³-hybridized carbons (Fsp3) is 0.444. The van der Waals surface area contributed by atoms with Crippen LogP contribution in [-0.2, 0) is 14.3 Å². The smallest absolute Gasteiger partial charge is 0.407 e. The lowest BCUT2D eigenvalue weighted by Crippen LogP contribution is -2.45. The van der Waals surface area contributed by atoms with Crippen LogP contribution >= 0.6 is 0 Å². The molecule has 0 aromatic heterocycles. The SMILES string of the molecule is C[C@@H](CC(=O)NC1CCCCCC1C(=O)O)NC(=O)OCC1c2ccccc2-c2ccccc21. The molecule has 2 aromatic carbocycles. The predicted molar refractivity (Wildman–Crippen MR) is 128 cm³/mol. The van der Waals surface area contributed by atoms with Gasteiger partial charge in [-0.05, 0) is 42.0 Å². The third-order valence-electron chi connectivity index (χ3n) is 6.88. The average molecular weight is 465 g/mol. The highest BCUT2D eigenvalue weighted by atomic mass is 16.5. The van der Waals surface area contributed by atoms with E-state index >= 15 is 0 Å². The zero-order chi connectivity index (χ0) is 24.1. The average Bonchev–Trinajstić information content (AvgIpc) is 2.94. The second-order valence-electron chi connectivity index (χ2n) is 9.33. The molecule has 1 fully saturated rings. The highest BCUT2D eigenvalue weighted by Gasteiger charge is 2.31. The molecule has 34 heavy (non-hydrogen) atoms. The summed E-state index contributed by atoms with van der Waals surface area (Å²) in [4.78, 5) is 36.6. The van der Waals surface area contributed by atoms with Gasteiger partial charge in [0.2, 0.25) is 5.91 Å². The molecule has 2 amide bonds. The van der Waals surface area contributed by atoms with Crippen LogP contribution in [0, 0.1) is 5.92 Å². The van der Waals surface area contributed by atoms with Gasteiger partial charge in [-0.15, -0.1) is 0 Å². The molecular formula is C27H32N2O5. The first-order valence-corrected chi connectivity index (χ1v) is 12.1. The molecule has 0 saturated heterocycles. The second kappa shape index (κ2) is 10.7. The standard InChI is InChI=1S/C27H32N2O5/c1-17(15-25(30)29-24-14-4-2-3-13-22(24)26(31)32)28-27(33)34-16-23-20-11-7-5-9-18(20)19-10-6-8-12-21(19)23/h5-12,17,22-24H,2-4,13-16H2,1H3,(H,28,33)(H,29,30)(H,31,32)/t17-,22?,24?/m0/s1. The number of hydrogen-bond acceptors (Lipinski definition) is 4. The van der Waals surface area contributed by atoms with E-state index in [0.717, 1.165) is 41.5 Å². The van der Waals surface area contributed by atoms with E-state index in [2.05, 4.69) is 34.9 Å². The summed E-state index contributed by atoms with van der Waals surface area (Å²) in [6, 6.07) is 15.5. The Morgan fingerprint density at radius 1 is 0.971 bits per heavy atom. The number of fused-ring (bicyclic) bond motifs is 3. The molecule has 0 heterocycles. The third-order valence-corrected chi connectivity index (χ3v) is 6.88. The van der Waals surface area contributed by atoms with Crippen LogP contribution in [0.2, 0.25) is 0 Å². The van der Waals surface area contributed by atoms with E-state index in [1.807, 2.05) is 24.3 Å². The minimum atomic E-state index is -0.864. The maximum Gasteiger partial charge on any atom is 0.407 e. The van der Waals surface area contributed by atoms with Crippen LogP contribution in [0.1, 0.15) is 62.5 Å². The number of carboxylic acid groups (broad SMARTS) is 1. The van der Waals surface area contributed by atoms with Crippen molar-refractivity contribution in [1.82, 2.24) is 10.6 Å². The Bertz CT molecular complexity index is 1010. The van der Waals surface area contributed by atoms with Crippen molar-refractivity contribution >= 4 is 18.0 Å². The molecule has 180 valence electrons. The van der Waals surface area contributed by atoms with Gasteiger partial charge in [-0.25, -0.2) is 4.79 Å². The molecule has 2 aliphatic carbocycles. The fourth-order valence-corrected chi connectivity index (χ4v) is 5.21. The number of amides is 2. The van der Waals surface area contributed by atoms with Gasteiger partial charge in [0.05, 0.1) is 5.92 Å². The number of rotatable bonds is 7. The number of ether oxygens (including phenoxy) is 1. The van der Waals surface area contributed by atoms with E-state index < -0.39 is 24.0 Å². The molecule has 7 nitrogen and oxygen atoms in total. The van der Waals surface area contributed by atoms with Crippen LogP contribution in [0.5, 0.6) is 0 Å². The van der Waals surface area contributed by atoms with Gasteiger partial charge in [-0.2, -0.15) is 0 Å². The van der Waals surface area contributed by atoms with Gasteiger partial charge in [-0.3, -0.25) is 9.59 Å². The van der Waals surface area contributed by atoms with Gasteiger partial charge in [0, 0.05) is 24.4 Å². The van der Waals surface area contributed by atoms with Gasteiger partial charge in [0.1, 0.15) is 6.61 Å². The number of hydrogen-bond donors (Lipinski definition) is 3. The first kappa shape index (κ1) is 23.8. The van der Waals surface area contributed by atoms with E-state index in [4.69, 9.17) is 4.74 Å². The molecule has 2 unspecified atom stereocenters. The number of carboxylic acids is 1. The van der Waals surface area contributed by atoms with Crippen molar-refractivity contribution in [3.8, 4) is 11.1 Å². The zero-order valence-electron chi connectivity index (χ0n) is 19.5. The molecule has 7 heteroatoms. The number of alkyl carbamates (subject to hydrolysis) is 1. The minimum absolute atomic E-state index is 0.0278. The van der Waals surface area contributed by atoms with Crippen LogP contribution in [0.25, 0.3) is 11.1 Å². The van der Waals surface area contributed by atoms with Crippen LogP contribution in [0.15, 0.2) is 48.5 Å². The lowest BCUT2D eigenvalue weighted by molar-refractivity contribution is -0.143. The Morgan fingerprint density at radius 2 is 1.59 bits per heavy atom. The van der Waals surface area contributed by atoms with Crippen LogP contribution in [-0.4, -0.2) is 41.8 Å². The summed E-state index contributed by atoms with van der Waals surface area (Å²) in [6.07, 6.45) is 3.49. The number of nitrogens with one attached hydrogen (secondary N) is 2. The normalized spacial score (nSPS) is 20.4. The van der Waals surface area contributed by atoms with Crippen molar-refractivity contribution < 1.29 is 24.2 Å². The molecule has 3 N–H and O–H groups in total. The van der Waals surface area contributed by atoms with Crippen molar-refractivity contribution in [2.45, 2.75) is 63.5 Å². The molecule has 3 atom stereocenters. The van der Waals surface area contributed by atoms with Crippen molar-refractivity contribution in [3.05, 3.63) is 59.7 Å². The lowest BCUT2D eigenvalue weighted by atomic mass is 9.94. The summed E-state index contributed by atoms with van der Waals surface area (Å²) in [7, 11) is 0. The number of carbonyl (C=O) groups is 3. The van der Waals surface area contributed by atoms with Gasteiger partial charge in [0.25, 0.3) is 0 Å². The summed E-state index contributed by atoms with van der Waals surface area (Å²) in [5, 5.41) is 15.1. The van der Waals surface area contributed by atoms with Crippen molar-refractivity contribution in [2.24, 2.45) is 5.92 Å². The highest BCUT2D eigenvalue weighted by Crippen LogP contribution is 2.44. The monoisotopic (exact) mass is 464 g/mol. The molecule has 4 rings (SSSR count). The number of carbonyl (C=O) groups excluding carboxylic acids is 2. The minimum Gasteiger partial charge on any atom is -0.481 e. The van der Waals surface area contributed by atoms with Crippen molar-refractivity contribution in [3.63, 3.8) is 0 Å². The van der Waals surface area contributed by atoms with Gasteiger partial charge in [0.15, 0.2) is 0 Å². The van der Waals surface area contributed by atoms with E-state index in [1.165, 1.54) is 0 Å². The molecule has 0 radical (unpaired) electrons. The van der Waals surface area contributed by atoms with E-state index in [-0.39, 0.29) is 30.9 Å². The first-order chi connectivity index (χ1) is 16.4. The second-order valence-corrected chi connectivity index (χ2v) is 9.33. The topological polar surface area (TPSA) is 105 Å². The van der Waals surface area contributed by atoms with Gasteiger partial charge in [-0.1, -0.05) is 67.8 Å². The van der Waals surface area contributed by atoms with Crippen LogP contribution < -0.4 is 10.6 Å². The Balaban J connectivity index is 1.28. The summed E-state index contributed by atoms with van der Waals surface area (Å²) < 4.78 is 5.55. The van der Waals surface area contributed by atoms with E-state index in [9.17, 15) is 19.5 Å². The third kappa shape index (κ3) is 5.41. The van der Waals surface area contributed by atoms with Crippen LogP contribution in [0.3, 0.4) is 0 Å². The molecule has 0 aliphatic heterocycles. The van der Waals surface area contributed by atoms with E-state index in [1.54, 1.807) is 6.92 Å². The van der Waals surface area contributed by atoms with Crippen molar-refractivity contribution in [1.29, 1.82) is 0 Å². The zero-order valence-corrected chi connectivity index (χ0v) is 19.5. The van der Waals surface area contributed by atoms with Gasteiger partial charge >= 0.3 is 12.1 Å². The summed E-state index contributed by atoms with van der Waals surface area (Å²) in [5.41, 5.74) is 4.60. The Labute approximate surface area is 199 Å². The number of aliphatic carboxylic acids is 1. The molecule has 2 aromatic rings. The maximum atomic E-state index is 12.5. The molecule has 0 spiro atoms. The molecular weight excluding hydrogens is 432 g/mol. The molecule has 1 saturated carbocycles. The lowest BCUT2D eigenvalue weighted by Gasteiger charge is -2.24. The quantitative estimate of drug-likeness (QED) is 0.525. The van der Waals surface area contributed by atoms with E-state index in [0.29, 0.717) is 12.8 Å². The maximum absolute atomic E-state index is 12.5. The molecule has 0 bridgehead atoms. The Kier molecular flexibility index (Phi) is 7.50. The summed E-state index contributed by atoms with van der Waals surface area (Å²) in [5.74, 6) is -1.71. The number of benzene rings is 2. The Morgan fingerprint density at radius 3 is 2.24 bits per heavy atom. The van der Waals surface area contributed by atoms with Crippen molar-refractivity contribution in [2.75, 3.05) is 6.61 Å². The first-order valence-electron chi connectivity index (χ1n) is 12.1. The molecule has 2 aliphatic rings. The predicted octanol–water partition coefficient (Wildman–Crippen LogP) is 4.45. The van der Waals surface area contributed by atoms with Crippen LogP contribution in [0.4, 0.5) is 4.79 Å². The Hall–Kier alpha value is -3.35. The largest absolute Gasteiger partial charge is 0.481 e. The van der Waals surface area contributed by atoms with Gasteiger partial charge < -0.3 is 20.5 Å². The summed E-state index contributed by atoms with van der Waals surface area (Å²) >= 11 is 0. The fourth-order valence-electron chi connectivity index (χ4n) is 5.21.